The second-order valence-electron chi connectivity index (χ2n) is 6.23. The highest BCUT2D eigenvalue weighted by Gasteiger charge is 2.37. The highest BCUT2D eigenvalue weighted by Crippen LogP contribution is 2.39. The van der Waals surface area contributed by atoms with Gasteiger partial charge in [0.25, 0.3) is 0 Å². The summed E-state index contributed by atoms with van der Waals surface area (Å²) in [5.74, 6) is 0.781. The van der Waals surface area contributed by atoms with Crippen molar-refractivity contribution in [3.05, 3.63) is 60.2 Å². The zero-order chi connectivity index (χ0) is 17.8. The maximum absolute atomic E-state index is 12.6. The standard InChI is InChI=1S/C19H23NO4S/c1-23-18-10-6-5-9-17(18)19(11-13-24-14-12-19)15-20-25(21,22)16-7-3-2-4-8-16/h2-10,20H,11-15H2,1H3. The predicted molar refractivity (Wildman–Crippen MR) is 96.4 cm³/mol. The molecule has 0 aliphatic carbocycles. The Morgan fingerprint density at radius 3 is 2.36 bits per heavy atom. The first-order valence-electron chi connectivity index (χ1n) is 8.33. The minimum Gasteiger partial charge on any atom is -0.496 e. The molecule has 6 heteroatoms. The van der Waals surface area contributed by atoms with Crippen LogP contribution < -0.4 is 9.46 Å². The van der Waals surface area contributed by atoms with Crippen molar-refractivity contribution in [3.8, 4) is 5.75 Å². The summed E-state index contributed by atoms with van der Waals surface area (Å²) in [5, 5.41) is 0. The van der Waals surface area contributed by atoms with Gasteiger partial charge in [-0.15, -0.1) is 0 Å². The lowest BCUT2D eigenvalue weighted by molar-refractivity contribution is 0.0509. The summed E-state index contributed by atoms with van der Waals surface area (Å²) in [6, 6.07) is 16.2. The van der Waals surface area contributed by atoms with Gasteiger partial charge in [0, 0.05) is 30.7 Å². The van der Waals surface area contributed by atoms with Crippen molar-refractivity contribution < 1.29 is 17.9 Å². The van der Waals surface area contributed by atoms with Gasteiger partial charge in [0.15, 0.2) is 0 Å². The molecular weight excluding hydrogens is 338 g/mol. The number of para-hydroxylation sites is 1. The first-order valence-corrected chi connectivity index (χ1v) is 9.82. The van der Waals surface area contributed by atoms with Crippen LogP contribution >= 0.6 is 0 Å². The molecule has 1 saturated heterocycles. The lowest BCUT2D eigenvalue weighted by Crippen LogP contribution is -2.44. The summed E-state index contributed by atoms with van der Waals surface area (Å²) in [6.07, 6.45) is 1.48. The third-order valence-corrected chi connectivity index (χ3v) is 6.20. The molecule has 1 heterocycles. The molecule has 0 bridgehead atoms. The molecule has 1 N–H and O–H groups in total. The van der Waals surface area contributed by atoms with E-state index in [-0.39, 0.29) is 10.3 Å². The Morgan fingerprint density at radius 2 is 1.68 bits per heavy atom. The molecule has 0 spiro atoms. The molecule has 2 aromatic carbocycles. The second-order valence-corrected chi connectivity index (χ2v) is 8.00. The van der Waals surface area contributed by atoms with Crippen molar-refractivity contribution in [2.75, 3.05) is 26.9 Å². The molecule has 3 rings (SSSR count). The summed E-state index contributed by atoms with van der Waals surface area (Å²) < 4.78 is 39.1. The lowest BCUT2D eigenvalue weighted by atomic mass is 9.74. The van der Waals surface area contributed by atoms with Gasteiger partial charge in [-0.05, 0) is 31.0 Å². The van der Waals surface area contributed by atoms with E-state index >= 15 is 0 Å². The first-order chi connectivity index (χ1) is 12.1. The summed E-state index contributed by atoms with van der Waals surface area (Å²) >= 11 is 0. The van der Waals surface area contributed by atoms with Gasteiger partial charge in [0.1, 0.15) is 5.75 Å². The highest BCUT2D eigenvalue weighted by atomic mass is 32.2. The molecule has 0 saturated carbocycles. The Morgan fingerprint density at radius 1 is 1.04 bits per heavy atom. The van der Waals surface area contributed by atoms with Gasteiger partial charge in [-0.1, -0.05) is 36.4 Å². The Kier molecular flexibility index (Phi) is 5.42. The average molecular weight is 361 g/mol. The summed E-state index contributed by atoms with van der Waals surface area (Å²) in [6.45, 7) is 1.52. The SMILES string of the molecule is COc1ccccc1C1(CNS(=O)(=O)c2ccccc2)CCOCC1. The third kappa shape index (κ3) is 3.86. The monoisotopic (exact) mass is 361 g/mol. The molecule has 2 aromatic rings. The van der Waals surface area contributed by atoms with Crippen molar-refractivity contribution in [3.63, 3.8) is 0 Å². The molecule has 0 radical (unpaired) electrons. The first kappa shape index (κ1) is 17.9. The van der Waals surface area contributed by atoms with Crippen LogP contribution in [0.3, 0.4) is 0 Å². The summed E-state index contributed by atoms with van der Waals surface area (Å²) in [4.78, 5) is 0.275. The molecule has 1 aliphatic rings. The molecule has 0 amide bonds. The number of rotatable bonds is 6. The Bertz CT molecular complexity index is 799. The van der Waals surface area contributed by atoms with E-state index in [4.69, 9.17) is 9.47 Å². The molecule has 0 atom stereocenters. The zero-order valence-corrected chi connectivity index (χ0v) is 15.1. The molecule has 0 unspecified atom stereocenters. The van der Waals surface area contributed by atoms with Crippen LogP contribution in [0.25, 0.3) is 0 Å². The van der Waals surface area contributed by atoms with E-state index < -0.39 is 10.0 Å². The van der Waals surface area contributed by atoms with E-state index in [2.05, 4.69) is 4.72 Å². The normalized spacial score (nSPS) is 17.2. The number of methoxy groups -OCH3 is 1. The maximum atomic E-state index is 12.6. The Balaban J connectivity index is 1.90. The smallest absolute Gasteiger partial charge is 0.240 e. The van der Waals surface area contributed by atoms with Crippen LogP contribution in [0.5, 0.6) is 5.75 Å². The number of hydrogen-bond donors (Lipinski definition) is 1. The molecule has 0 aromatic heterocycles. The van der Waals surface area contributed by atoms with Crippen LogP contribution in [-0.2, 0) is 20.2 Å². The van der Waals surface area contributed by atoms with Gasteiger partial charge in [-0.25, -0.2) is 13.1 Å². The average Bonchev–Trinajstić information content (AvgIpc) is 2.68. The number of benzene rings is 2. The number of ether oxygens (including phenoxy) is 2. The van der Waals surface area contributed by atoms with Crippen LogP contribution in [0, 0.1) is 0 Å². The fourth-order valence-corrected chi connectivity index (χ4v) is 4.45. The minimum absolute atomic E-state index is 0.275. The third-order valence-electron chi connectivity index (χ3n) is 4.78. The highest BCUT2D eigenvalue weighted by molar-refractivity contribution is 7.89. The second kappa shape index (κ2) is 7.56. The topological polar surface area (TPSA) is 64.6 Å². The van der Waals surface area contributed by atoms with Gasteiger partial charge in [-0.3, -0.25) is 0 Å². The quantitative estimate of drug-likeness (QED) is 0.859. The van der Waals surface area contributed by atoms with Crippen LogP contribution in [0.4, 0.5) is 0 Å². The van der Waals surface area contributed by atoms with E-state index in [0.29, 0.717) is 19.8 Å². The van der Waals surface area contributed by atoms with Gasteiger partial charge >= 0.3 is 0 Å². The fraction of sp³-hybridized carbons (Fsp3) is 0.368. The van der Waals surface area contributed by atoms with E-state index in [1.807, 2.05) is 24.3 Å². The van der Waals surface area contributed by atoms with Gasteiger partial charge < -0.3 is 9.47 Å². The Hall–Kier alpha value is -1.89. The number of hydrogen-bond acceptors (Lipinski definition) is 4. The van der Waals surface area contributed by atoms with E-state index in [1.165, 1.54) is 0 Å². The molecule has 5 nitrogen and oxygen atoms in total. The summed E-state index contributed by atoms with van der Waals surface area (Å²) in [7, 11) is -1.92. The summed E-state index contributed by atoms with van der Waals surface area (Å²) in [5.41, 5.74) is 0.684. The van der Waals surface area contributed by atoms with Gasteiger partial charge in [0.05, 0.1) is 12.0 Å². The van der Waals surface area contributed by atoms with E-state index in [1.54, 1.807) is 37.4 Å². The lowest BCUT2D eigenvalue weighted by Gasteiger charge is -2.38. The van der Waals surface area contributed by atoms with E-state index in [0.717, 1.165) is 24.2 Å². The predicted octanol–water partition coefficient (Wildman–Crippen LogP) is 2.72. The number of sulfonamides is 1. The van der Waals surface area contributed by atoms with Crippen molar-refractivity contribution in [1.82, 2.24) is 4.72 Å². The molecule has 134 valence electrons. The minimum atomic E-state index is -3.56. The van der Waals surface area contributed by atoms with Gasteiger partial charge in [-0.2, -0.15) is 0 Å². The molecule has 25 heavy (non-hydrogen) atoms. The van der Waals surface area contributed by atoms with Crippen LogP contribution in [0.2, 0.25) is 0 Å². The van der Waals surface area contributed by atoms with Crippen molar-refractivity contribution in [2.45, 2.75) is 23.2 Å². The van der Waals surface area contributed by atoms with Crippen LogP contribution in [0.15, 0.2) is 59.5 Å². The maximum Gasteiger partial charge on any atom is 0.240 e. The van der Waals surface area contributed by atoms with Crippen molar-refractivity contribution >= 4 is 10.0 Å². The molecule has 1 fully saturated rings. The van der Waals surface area contributed by atoms with Gasteiger partial charge in [0.2, 0.25) is 10.0 Å². The van der Waals surface area contributed by atoms with Crippen molar-refractivity contribution in [1.29, 1.82) is 0 Å². The Labute approximate surface area is 149 Å². The van der Waals surface area contributed by atoms with E-state index in [9.17, 15) is 8.42 Å². The van der Waals surface area contributed by atoms with Crippen LogP contribution in [-0.4, -0.2) is 35.3 Å². The zero-order valence-electron chi connectivity index (χ0n) is 14.3. The largest absolute Gasteiger partial charge is 0.496 e. The molecular formula is C19H23NO4S. The van der Waals surface area contributed by atoms with Crippen molar-refractivity contribution in [2.24, 2.45) is 0 Å². The van der Waals surface area contributed by atoms with Crippen LogP contribution in [0.1, 0.15) is 18.4 Å². The fourth-order valence-electron chi connectivity index (χ4n) is 3.30. The molecule has 1 aliphatic heterocycles. The number of nitrogens with one attached hydrogen (secondary N) is 1.